The minimum atomic E-state index is 0.557. The second-order valence-electron chi connectivity index (χ2n) is 8.24. The van der Waals surface area contributed by atoms with E-state index in [1.165, 1.54) is 70.6 Å². The summed E-state index contributed by atoms with van der Waals surface area (Å²) in [7, 11) is 0. The van der Waals surface area contributed by atoms with Gasteiger partial charge in [-0.3, -0.25) is 0 Å². The summed E-state index contributed by atoms with van der Waals surface area (Å²) in [5.74, 6) is 3.89. The molecule has 2 saturated carbocycles. The zero-order valence-corrected chi connectivity index (χ0v) is 15.5. The van der Waals surface area contributed by atoms with Gasteiger partial charge in [-0.1, -0.05) is 59.3 Å². The van der Waals surface area contributed by atoms with Gasteiger partial charge < -0.3 is 4.74 Å². The van der Waals surface area contributed by atoms with Crippen LogP contribution in [0.15, 0.2) is 0 Å². The Morgan fingerprint density at radius 2 is 1.55 bits per heavy atom. The maximum atomic E-state index is 6.05. The van der Waals surface area contributed by atoms with E-state index in [1.54, 1.807) is 0 Å². The fourth-order valence-electron chi connectivity index (χ4n) is 4.99. The van der Waals surface area contributed by atoms with E-state index in [0.29, 0.717) is 6.10 Å². The second-order valence-corrected chi connectivity index (χ2v) is 8.24. The number of hydrogen-bond donors (Lipinski definition) is 0. The number of ether oxygens (including phenoxy) is 1. The van der Waals surface area contributed by atoms with Crippen LogP contribution in [0.5, 0.6) is 0 Å². The summed E-state index contributed by atoms with van der Waals surface area (Å²) in [6.45, 7) is 7.93. The lowest BCUT2D eigenvalue weighted by Gasteiger charge is -2.40. The topological polar surface area (TPSA) is 9.23 Å². The largest absolute Gasteiger partial charge is 0.378 e. The number of hydrogen-bond acceptors (Lipinski definition) is 1. The lowest BCUT2D eigenvalue weighted by atomic mass is 9.68. The van der Waals surface area contributed by atoms with Crippen molar-refractivity contribution in [2.45, 2.75) is 104 Å². The molecule has 0 N–H and O–H groups in total. The van der Waals surface area contributed by atoms with E-state index < -0.39 is 0 Å². The van der Waals surface area contributed by atoms with Crippen molar-refractivity contribution >= 4 is 0 Å². The molecule has 0 radical (unpaired) electrons. The Balaban J connectivity index is 1.67. The Labute approximate surface area is 139 Å². The Bertz CT molecular complexity index is 280. The maximum absolute atomic E-state index is 6.05. The standard InChI is InChI=1S/C21H40O/c1-4-6-7-8-18-9-11-19(12-10-18)20-13-14-21(17(3)16-20)22-15-5-2/h17-21H,4-16H2,1-3H3/t17?,18-,19-,20?,21?. The van der Waals surface area contributed by atoms with Gasteiger partial charge in [-0.2, -0.15) is 0 Å². The summed E-state index contributed by atoms with van der Waals surface area (Å²) >= 11 is 0. The summed E-state index contributed by atoms with van der Waals surface area (Å²) < 4.78 is 6.05. The van der Waals surface area contributed by atoms with Crippen molar-refractivity contribution in [2.24, 2.45) is 23.7 Å². The van der Waals surface area contributed by atoms with Crippen molar-refractivity contribution < 1.29 is 4.74 Å². The van der Waals surface area contributed by atoms with Crippen molar-refractivity contribution in [3.63, 3.8) is 0 Å². The van der Waals surface area contributed by atoms with E-state index in [-0.39, 0.29) is 0 Å². The van der Waals surface area contributed by atoms with Gasteiger partial charge in [0.25, 0.3) is 0 Å². The molecule has 0 heterocycles. The van der Waals surface area contributed by atoms with E-state index >= 15 is 0 Å². The van der Waals surface area contributed by atoms with Gasteiger partial charge in [0.05, 0.1) is 6.10 Å². The lowest BCUT2D eigenvalue weighted by molar-refractivity contribution is -0.0274. The maximum Gasteiger partial charge on any atom is 0.0600 e. The fourth-order valence-corrected chi connectivity index (χ4v) is 4.99. The molecule has 1 nitrogen and oxygen atoms in total. The first-order valence-corrected chi connectivity index (χ1v) is 10.4. The molecule has 2 rings (SSSR count). The molecule has 2 aliphatic rings. The molecule has 0 aromatic carbocycles. The minimum Gasteiger partial charge on any atom is -0.378 e. The van der Waals surface area contributed by atoms with Gasteiger partial charge in [0.1, 0.15) is 0 Å². The van der Waals surface area contributed by atoms with Crippen LogP contribution in [0.1, 0.15) is 97.8 Å². The Morgan fingerprint density at radius 3 is 2.18 bits per heavy atom. The third-order valence-electron chi connectivity index (χ3n) is 6.44. The van der Waals surface area contributed by atoms with Crippen molar-refractivity contribution in [1.29, 1.82) is 0 Å². The zero-order valence-electron chi connectivity index (χ0n) is 15.5. The van der Waals surface area contributed by atoms with Crippen LogP contribution in [0.2, 0.25) is 0 Å². The molecule has 0 aromatic heterocycles. The number of unbranched alkanes of at least 4 members (excludes halogenated alkanes) is 2. The Hall–Kier alpha value is -0.0400. The average molecular weight is 309 g/mol. The van der Waals surface area contributed by atoms with Crippen LogP contribution in [0.4, 0.5) is 0 Å². The van der Waals surface area contributed by atoms with Crippen molar-refractivity contribution in [3.05, 3.63) is 0 Å². The van der Waals surface area contributed by atoms with E-state index in [9.17, 15) is 0 Å². The van der Waals surface area contributed by atoms with E-state index in [2.05, 4.69) is 20.8 Å². The molecule has 130 valence electrons. The van der Waals surface area contributed by atoms with Gasteiger partial charge in [-0.25, -0.2) is 0 Å². The van der Waals surface area contributed by atoms with Crippen molar-refractivity contribution in [3.8, 4) is 0 Å². The van der Waals surface area contributed by atoms with Crippen molar-refractivity contribution in [2.75, 3.05) is 6.61 Å². The van der Waals surface area contributed by atoms with Gasteiger partial charge in [0.15, 0.2) is 0 Å². The first-order valence-electron chi connectivity index (χ1n) is 10.4. The summed E-state index contributed by atoms with van der Waals surface area (Å²) in [6, 6.07) is 0. The monoisotopic (exact) mass is 308 g/mol. The molecule has 0 aromatic rings. The van der Waals surface area contributed by atoms with Crippen LogP contribution in [0, 0.1) is 23.7 Å². The van der Waals surface area contributed by atoms with Crippen LogP contribution in [-0.2, 0) is 4.74 Å². The molecule has 2 aliphatic carbocycles. The quantitative estimate of drug-likeness (QED) is 0.459. The summed E-state index contributed by atoms with van der Waals surface area (Å²) in [5, 5.41) is 0. The lowest BCUT2D eigenvalue weighted by Crippen LogP contribution is -2.34. The molecular weight excluding hydrogens is 268 g/mol. The van der Waals surface area contributed by atoms with Gasteiger partial charge in [0.2, 0.25) is 0 Å². The highest BCUT2D eigenvalue weighted by Crippen LogP contribution is 2.43. The highest BCUT2D eigenvalue weighted by atomic mass is 16.5. The third-order valence-corrected chi connectivity index (χ3v) is 6.44. The van der Waals surface area contributed by atoms with E-state index in [4.69, 9.17) is 4.74 Å². The minimum absolute atomic E-state index is 0.557. The predicted molar refractivity (Wildman–Crippen MR) is 96.1 cm³/mol. The third kappa shape index (κ3) is 5.55. The highest BCUT2D eigenvalue weighted by molar-refractivity contribution is 4.85. The molecular formula is C21H40O. The van der Waals surface area contributed by atoms with Crippen molar-refractivity contribution in [1.82, 2.24) is 0 Å². The zero-order chi connectivity index (χ0) is 15.8. The summed E-state index contributed by atoms with van der Waals surface area (Å²) in [6.07, 6.45) is 17.8. The predicted octanol–water partition coefficient (Wildman–Crippen LogP) is 6.60. The van der Waals surface area contributed by atoms with E-state index in [1.807, 2.05) is 0 Å². The van der Waals surface area contributed by atoms with Crippen LogP contribution in [-0.4, -0.2) is 12.7 Å². The molecule has 0 aliphatic heterocycles. The first-order chi connectivity index (χ1) is 10.7. The van der Waals surface area contributed by atoms with Gasteiger partial charge in [-0.05, 0) is 62.2 Å². The molecule has 0 bridgehead atoms. The van der Waals surface area contributed by atoms with Crippen LogP contribution < -0.4 is 0 Å². The average Bonchev–Trinajstić information content (AvgIpc) is 2.54. The molecule has 3 atom stereocenters. The first kappa shape index (κ1) is 18.3. The Kier molecular flexibility index (Phi) is 8.28. The highest BCUT2D eigenvalue weighted by Gasteiger charge is 2.34. The van der Waals surface area contributed by atoms with Crippen LogP contribution in [0.25, 0.3) is 0 Å². The number of rotatable bonds is 8. The van der Waals surface area contributed by atoms with Crippen LogP contribution >= 0.6 is 0 Å². The molecule has 0 saturated heterocycles. The normalized spacial score (nSPS) is 36.4. The fraction of sp³-hybridized carbons (Fsp3) is 1.00. The summed E-state index contributed by atoms with van der Waals surface area (Å²) in [4.78, 5) is 0. The van der Waals surface area contributed by atoms with Crippen LogP contribution in [0.3, 0.4) is 0 Å². The molecule has 3 unspecified atom stereocenters. The smallest absolute Gasteiger partial charge is 0.0600 e. The molecule has 2 fully saturated rings. The molecule has 1 heteroatoms. The Morgan fingerprint density at radius 1 is 0.818 bits per heavy atom. The summed E-state index contributed by atoms with van der Waals surface area (Å²) in [5.41, 5.74) is 0. The SMILES string of the molecule is CCCCC[C@H]1CC[C@H](C2CCC(OCCC)C(C)C2)CC1. The molecule has 0 amide bonds. The van der Waals surface area contributed by atoms with Gasteiger partial charge in [0, 0.05) is 6.61 Å². The molecule has 0 spiro atoms. The second kappa shape index (κ2) is 9.96. The molecule has 22 heavy (non-hydrogen) atoms. The van der Waals surface area contributed by atoms with Gasteiger partial charge in [-0.15, -0.1) is 0 Å². The van der Waals surface area contributed by atoms with Gasteiger partial charge >= 0.3 is 0 Å². The van der Waals surface area contributed by atoms with E-state index in [0.717, 1.165) is 36.7 Å².